The summed E-state index contributed by atoms with van der Waals surface area (Å²) in [6.07, 6.45) is 2.34. The topological polar surface area (TPSA) is 0 Å². The molecule has 0 saturated carbocycles. The van der Waals surface area contributed by atoms with Crippen molar-refractivity contribution in [1.82, 2.24) is 0 Å². The van der Waals surface area contributed by atoms with Gasteiger partial charge in [-0.2, -0.15) is 0 Å². The molecule has 0 nitrogen and oxygen atoms in total. The lowest BCUT2D eigenvalue weighted by Gasteiger charge is -2.08. The summed E-state index contributed by atoms with van der Waals surface area (Å²) in [4.78, 5) is 0. The molecule has 0 unspecified atom stereocenters. The number of halogens is 1. The molecule has 0 fully saturated rings. The number of benzene rings is 6. The van der Waals surface area contributed by atoms with Crippen LogP contribution in [0.2, 0.25) is 0 Å². The molecule has 0 saturated heterocycles. The molecule has 8 rings (SSSR count). The van der Waals surface area contributed by atoms with Gasteiger partial charge in [0.2, 0.25) is 0 Å². The van der Waals surface area contributed by atoms with E-state index < -0.39 is 0 Å². The van der Waals surface area contributed by atoms with Gasteiger partial charge in [-0.25, -0.2) is 0 Å². The van der Waals surface area contributed by atoms with Crippen molar-refractivity contribution in [3.8, 4) is 33.4 Å². The van der Waals surface area contributed by atoms with E-state index in [1.165, 1.54) is 75.8 Å². The molecular weight excluding hydrogens is 568 g/mol. The van der Waals surface area contributed by atoms with E-state index in [0.29, 0.717) is 0 Å². The highest BCUT2D eigenvalue weighted by Gasteiger charge is 2.23. The van der Waals surface area contributed by atoms with Crippen LogP contribution in [0, 0.1) is 0 Å². The molecule has 40 heavy (non-hydrogen) atoms. The molecule has 2 heteroatoms. The molecule has 0 atom stereocenters. The Morgan fingerprint density at radius 3 is 2.00 bits per heavy atom. The monoisotopic (exact) mass is 590 g/mol. The molecule has 0 N–H and O–H groups in total. The Bertz CT molecular complexity index is 2110. The molecule has 0 bridgehead atoms. The minimum absolute atomic E-state index is 1.10. The fourth-order valence-electron chi connectivity index (χ4n) is 5.95. The van der Waals surface area contributed by atoms with Crippen molar-refractivity contribution >= 4 is 59.1 Å². The summed E-state index contributed by atoms with van der Waals surface area (Å²) in [5, 5.41) is 2.68. The number of rotatable bonds is 3. The second-order valence-corrected chi connectivity index (χ2v) is 12.3. The second-order valence-electron chi connectivity index (χ2n) is 10.3. The Hall–Kier alpha value is -4.24. The Morgan fingerprint density at radius 1 is 0.450 bits per heavy atom. The van der Waals surface area contributed by atoms with Gasteiger partial charge in [0.25, 0.3) is 0 Å². The first-order valence-corrected chi connectivity index (χ1v) is 15.1. The fraction of sp³-hybridized carbons (Fsp3) is 0. The van der Waals surface area contributed by atoms with E-state index in [1.54, 1.807) is 0 Å². The minimum atomic E-state index is 1.10. The summed E-state index contributed by atoms with van der Waals surface area (Å²) in [6, 6.07) is 48.7. The first kappa shape index (κ1) is 23.6. The molecule has 1 aliphatic rings. The molecule has 1 heterocycles. The molecule has 7 aromatic rings. The van der Waals surface area contributed by atoms with E-state index in [4.69, 9.17) is 0 Å². The van der Waals surface area contributed by atoms with E-state index in [9.17, 15) is 0 Å². The zero-order chi connectivity index (χ0) is 26.6. The van der Waals surface area contributed by atoms with Gasteiger partial charge in [0.15, 0.2) is 0 Å². The van der Waals surface area contributed by atoms with Crippen LogP contribution in [0.1, 0.15) is 16.7 Å². The third kappa shape index (κ3) is 3.95. The Labute approximate surface area is 246 Å². The van der Waals surface area contributed by atoms with Crippen LogP contribution >= 0.6 is 27.3 Å². The SMILES string of the molecule is Brc1cccc(-c2ccc(/C=C3\c4ccccc4-c4ccc(-c5ccc6c(c5)sc5ccccc56)cc43)cc2)c1. The normalized spacial score (nSPS) is 13.2. The average molecular weight is 592 g/mol. The van der Waals surface area contributed by atoms with E-state index >= 15 is 0 Å². The van der Waals surface area contributed by atoms with Gasteiger partial charge in [-0.05, 0) is 92.1 Å². The summed E-state index contributed by atoms with van der Waals surface area (Å²) in [6.45, 7) is 0. The fourth-order valence-corrected chi connectivity index (χ4v) is 7.49. The smallest absolute Gasteiger partial charge is 0.0361 e. The van der Waals surface area contributed by atoms with Gasteiger partial charge < -0.3 is 0 Å². The molecule has 188 valence electrons. The van der Waals surface area contributed by atoms with Crippen LogP contribution in [0.15, 0.2) is 138 Å². The van der Waals surface area contributed by atoms with E-state index in [2.05, 4.69) is 155 Å². The molecule has 0 radical (unpaired) electrons. The number of fused-ring (bicyclic) bond motifs is 6. The van der Waals surface area contributed by atoms with Crippen molar-refractivity contribution < 1.29 is 0 Å². The van der Waals surface area contributed by atoms with Crippen molar-refractivity contribution in [3.63, 3.8) is 0 Å². The molecule has 6 aromatic carbocycles. The lowest BCUT2D eigenvalue weighted by Crippen LogP contribution is -1.85. The predicted molar refractivity (Wildman–Crippen MR) is 177 cm³/mol. The third-order valence-corrected chi connectivity index (χ3v) is 9.54. The van der Waals surface area contributed by atoms with Gasteiger partial charge in [-0.1, -0.05) is 119 Å². The summed E-state index contributed by atoms with van der Waals surface area (Å²) in [5.41, 5.74) is 12.6. The highest BCUT2D eigenvalue weighted by molar-refractivity contribution is 9.10. The Balaban J connectivity index is 1.22. The van der Waals surface area contributed by atoms with Crippen LogP contribution in [0.5, 0.6) is 0 Å². The molecule has 0 aliphatic heterocycles. The summed E-state index contributed by atoms with van der Waals surface area (Å²) in [5.74, 6) is 0. The number of hydrogen-bond acceptors (Lipinski definition) is 1. The van der Waals surface area contributed by atoms with Crippen LogP contribution in [0.25, 0.3) is 65.2 Å². The van der Waals surface area contributed by atoms with Crippen molar-refractivity contribution in [2.75, 3.05) is 0 Å². The van der Waals surface area contributed by atoms with Crippen molar-refractivity contribution in [2.24, 2.45) is 0 Å². The third-order valence-electron chi connectivity index (χ3n) is 7.91. The quantitative estimate of drug-likeness (QED) is 0.192. The van der Waals surface area contributed by atoms with Crippen LogP contribution in [0.3, 0.4) is 0 Å². The summed E-state index contributed by atoms with van der Waals surface area (Å²) in [7, 11) is 0. The summed E-state index contributed by atoms with van der Waals surface area (Å²) >= 11 is 5.47. The second kappa shape index (κ2) is 9.45. The standard InChI is InChI=1S/C38H23BrS/c39-29-7-5-6-26(21-29)25-14-12-24(13-15-25)20-35-31-9-2-1-8-30(31)32-18-16-27(22-36(32)35)28-17-19-34-33-10-3-4-11-37(33)40-38(34)23-28/h1-23H/b35-20+. The lowest BCUT2D eigenvalue weighted by atomic mass is 9.96. The van der Waals surface area contributed by atoms with E-state index in [-0.39, 0.29) is 0 Å². The highest BCUT2D eigenvalue weighted by atomic mass is 79.9. The number of thiophene rings is 1. The Kier molecular flexibility index (Phi) is 5.58. The average Bonchev–Trinajstić information content (AvgIpc) is 3.52. The van der Waals surface area contributed by atoms with Crippen molar-refractivity contribution in [2.45, 2.75) is 0 Å². The molecule has 0 spiro atoms. The molecule has 1 aliphatic carbocycles. The first-order valence-electron chi connectivity index (χ1n) is 13.4. The van der Waals surface area contributed by atoms with Crippen LogP contribution in [-0.2, 0) is 0 Å². The molecule has 0 amide bonds. The zero-order valence-electron chi connectivity index (χ0n) is 21.6. The predicted octanol–water partition coefficient (Wildman–Crippen LogP) is 11.7. The van der Waals surface area contributed by atoms with Crippen LogP contribution in [-0.4, -0.2) is 0 Å². The van der Waals surface area contributed by atoms with E-state index in [0.717, 1.165) is 4.47 Å². The molecular formula is C38H23BrS. The summed E-state index contributed by atoms with van der Waals surface area (Å²) < 4.78 is 3.77. The lowest BCUT2D eigenvalue weighted by molar-refractivity contribution is 1.58. The maximum atomic E-state index is 3.60. The van der Waals surface area contributed by atoms with Gasteiger partial charge in [0, 0.05) is 24.6 Å². The molecule has 1 aromatic heterocycles. The maximum Gasteiger partial charge on any atom is 0.0361 e. The Morgan fingerprint density at radius 2 is 1.12 bits per heavy atom. The van der Waals surface area contributed by atoms with Crippen LogP contribution < -0.4 is 0 Å². The van der Waals surface area contributed by atoms with Crippen molar-refractivity contribution in [3.05, 3.63) is 155 Å². The van der Waals surface area contributed by atoms with Gasteiger partial charge in [0.1, 0.15) is 0 Å². The maximum absolute atomic E-state index is 3.60. The van der Waals surface area contributed by atoms with Gasteiger partial charge in [-0.3, -0.25) is 0 Å². The van der Waals surface area contributed by atoms with Gasteiger partial charge >= 0.3 is 0 Å². The van der Waals surface area contributed by atoms with Crippen LogP contribution in [0.4, 0.5) is 0 Å². The van der Waals surface area contributed by atoms with E-state index in [1.807, 2.05) is 11.3 Å². The first-order chi connectivity index (χ1) is 19.7. The largest absolute Gasteiger partial charge is 0.135 e. The number of hydrogen-bond donors (Lipinski definition) is 0. The van der Waals surface area contributed by atoms with Crippen molar-refractivity contribution in [1.29, 1.82) is 0 Å². The zero-order valence-corrected chi connectivity index (χ0v) is 24.0. The highest BCUT2D eigenvalue weighted by Crippen LogP contribution is 2.47. The van der Waals surface area contributed by atoms with Gasteiger partial charge in [0.05, 0.1) is 0 Å². The minimum Gasteiger partial charge on any atom is -0.135 e. The van der Waals surface area contributed by atoms with Gasteiger partial charge in [-0.15, -0.1) is 11.3 Å².